The van der Waals surface area contributed by atoms with E-state index in [-0.39, 0.29) is 11.2 Å². The Balaban J connectivity index is 0.00000121. The van der Waals surface area contributed by atoms with Gasteiger partial charge in [-0.25, -0.2) is 4.98 Å². The number of carbonyl (C=O) groups excluding carboxylic acids is 1. The van der Waals surface area contributed by atoms with Crippen LogP contribution < -0.4 is 0 Å². The monoisotopic (exact) mass is 269 g/mol. The molecule has 4 heteroatoms. The van der Waals surface area contributed by atoms with Gasteiger partial charge in [0.2, 0.25) is 0 Å². The van der Waals surface area contributed by atoms with Crippen molar-refractivity contribution in [2.45, 2.75) is 25.8 Å². The summed E-state index contributed by atoms with van der Waals surface area (Å²) in [6.45, 7) is 11.8. The quantitative estimate of drug-likeness (QED) is 0.604. The van der Waals surface area contributed by atoms with Crippen molar-refractivity contribution >= 4 is 27.4 Å². The van der Waals surface area contributed by atoms with Crippen molar-refractivity contribution in [3.8, 4) is 0 Å². The highest BCUT2D eigenvalue weighted by molar-refractivity contribution is 8.76. The van der Waals surface area contributed by atoms with Crippen molar-refractivity contribution in [3.63, 3.8) is 0 Å². The molecule has 1 rings (SSSR count). The summed E-state index contributed by atoms with van der Waals surface area (Å²) in [6, 6.07) is 5.77. The van der Waals surface area contributed by atoms with E-state index in [1.54, 1.807) is 27.8 Å². The fourth-order valence-electron chi connectivity index (χ4n) is 0.756. The molecule has 0 aliphatic carbocycles. The van der Waals surface area contributed by atoms with Crippen molar-refractivity contribution in [2.75, 3.05) is 5.75 Å². The van der Waals surface area contributed by atoms with Gasteiger partial charge in [-0.05, 0) is 22.9 Å². The summed E-state index contributed by atoms with van der Waals surface area (Å²) >= 11 is 0. The van der Waals surface area contributed by atoms with Gasteiger partial charge in [-0.2, -0.15) is 0 Å². The number of carbonyl (C=O) groups is 1. The third-order valence-corrected chi connectivity index (χ3v) is 3.94. The van der Waals surface area contributed by atoms with Crippen molar-refractivity contribution in [1.29, 1.82) is 0 Å². The van der Waals surface area contributed by atoms with Crippen LogP contribution in [0, 0.1) is 5.41 Å². The minimum Gasteiger partial charge on any atom is -0.298 e. The first-order valence-electron chi connectivity index (χ1n) is 5.24. The lowest BCUT2D eigenvalue weighted by Gasteiger charge is -2.15. The Morgan fingerprint density at radius 3 is 2.47 bits per heavy atom. The van der Waals surface area contributed by atoms with E-state index in [4.69, 9.17) is 0 Å². The summed E-state index contributed by atoms with van der Waals surface area (Å²) in [4.78, 5) is 15.8. The van der Waals surface area contributed by atoms with Crippen LogP contribution in [0.4, 0.5) is 0 Å². The standard InChI is InChI=1S/C11H15NOS2.C2H4/c1-11(2,3)9(13)8-14-15-10-6-4-5-7-12-10;1-2/h4-7H,8H2,1-3H3;1-2H2. The van der Waals surface area contributed by atoms with Crippen LogP contribution >= 0.6 is 21.6 Å². The molecule has 0 bridgehead atoms. The van der Waals surface area contributed by atoms with Gasteiger partial charge in [-0.3, -0.25) is 4.79 Å². The van der Waals surface area contributed by atoms with E-state index < -0.39 is 0 Å². The largest absolute Gasteiger partial charge is 0.298 e. The average molecular weight is 269 g/mol. The SMILES string of the molecule is C=C.CC(C)(C)C(=O)CSSc1ccccn1. The normalized spacial score (nSPS) is 10.3. The van der Waals surface area contributed by atoms with E-state index in [1.165, 1.54) is 0 Å². The van der Waals surface area contributed by atoms with Crippen LogP contribution in [0.15, 0.2) is 42.6 Å². The molecule has 0 spiro atoms. The summed E-state index contributed by atoms with van der Waals surface area (Å²) in [5.74, 6) is 0.806. The number of Topliss-reactive ketones (excluding diaryl/α,β-unsaturated/α-hetero) is 1. The Hall–Kier alpha value is -0.740. The van der Waals surface area contributed by atoms with Crippen molar-refractivity contribution in [2.24, 2.45) is 5.41 Å². The van der Waals surface area contributed by atoms with Crippen LogP contribution in [0.2, 0.25) is 0 Å². The molecule has 1 aromatic rings. The number of pyridine rings is 1. The summed E-state index contributed by atoms with van der Waals surface area (Å²) in [5, 5.41) is 0.948. The zero-order valence-corrected chi connectivity index (χ0v) is 12.2. The number of hydrogen-bond donors (Lipinski definition) is 0. The smallest absolute Gasteiger partial charge is 0.148 e. The van der Waals surface area contributed by atoms with Gasteiger partial charge in [0.1, 0.15) is 10.8 Å². The van der Waals surface area contributed by atoms with Crippen LogP contribution in [0.1, 0.15) is 20.8 Å². The second kappa shape index (κ2) is 8.37. The fraction of sp³-hybridized carbons (Fsp3) is 0.385. The molecule has 0 aliphatic heterocycles. The first-order chi connectivity index (χ1) is 8.00. The molecule has 17 heavy (non-hydrogen) atoms. The van der Waals surface area contributed by atoms with Crippen LogP contribution in [0.5, 0.6) is 0 Å². The van der Waals surface area contributed by atoms with Crippen LogP contribution in [-0.2, 0) is 4.79 Å². The minimum atomic E-state index is -0.238. The summed E-state index contributed by atoms with van der Waals surface area (Å²) in [7, 11) is 3.10. The first kappa shape index (κ1) is 16.3. The Kier molecular flexibility index (Phi) is 8.00. The third kappa shape index (κ3) is 7.23. The molecule has 0 N–H and O–H groups in total. The van der Waals surface area contributed by atoms with Gasteiger partial charge in [0.15, 0.2) is 0 Å². The number of hydrogen-bond acceptors (Lipinski definition) is 4. The second-order valence-corrected chi connectivity index (χ2v) is 6.50. The molecule has 2 nitrogen and oxygen atoms in total. The highest BCUT2D eigenvalue weighted by atomic mass is 33.1. The van der Waals surface area contributed by atoms with Crippen molar-refractivity contribution in [3.05, 3.63) is 37.6 Å². The molecule has 0 radical (unpaired) electrons. The van der Waals surface area contributed by atoms with E-state index in [0.29, 0.717) is 5.75 Å². The number of ketones is 1. The van der Waals surface area contributed by atoms with Crippen LogP contribution in [0.25, 0.3) is 0 Å². The van der Waals surface area contributed by atoms with Gasteiger partial charge in [-0.1, -0.05) is 37.6 Å². The number of nitrogens with zero attached hydrogens (tertiary/aromatic N) is 1. The zero-order chi connectivity index (χ0) is 13.3. The van der Waals surface area contributed by atoms with Crippen LogP contribution in [0.3, 0.4) is 0 Å². The van der Waals surface area contributed by atoms with Crippen molar-refractivity contribution < 1.29 is 4.79 Å². The molecule has 1 aromatic heterocycles. The summed E-state index contributed by atoms with van der Waals surface area (Å²) in [5.41, 5.74) is -0.238. The summed E-state index contributed by atoms with van der Waals surface area (Å²) in [6.07, 6.45) is 1.76. The molecule has 94 valence electrons. The Morgan fingerprint density at radius 2 is 2.00 bits per heavy atom. The van der Waals surface area contributed by atoms with Gasteiger partial charge in [0.25, 0.3) is 0 Å². The van der Waals surface area contributed by atoms with E-state index in [1.807, 2.05) is 39.0 Å². The van der Waals surface area contributed by atoms with E-state index in [2.05, 4.69) is 18.1 Å². The van der Waals surface area contributed by atoms with Gasteiger partial charge >= 0.3 is 0 Å². The Bertz CT molecular complexity index is 333. The molecule has 0 saturated carbocycles. The van der Waals surface area contributed by atoms with Gasteiger partial charge in [0, 0.05) is 11.6 Å². The Labute approximate surface area is 112 Å². The van der Waals surface area contributed by atoms with Gasteiger partial charge in [0.05, 0.1) is 5.75 Å². The molecule has 0 saturated heterocycles. The maximum Gasteiger partial charge on any atom is 0.148 e. The zero-order valence-electron chi connectivity index (χ0n) is 10.6. The topological polar surface area (TPSA) is 30.0 Å². The lowest BCUT2D eigenvalue weighted by molar-refractivity contribution is -0.123. The molecule has 0 aliphatic rings. The highest BCUT2D eigenvalue weighted by Gasteiger charge is 2.20. The molecular formula is C13H19NOS2. The maximum absolute atomic E-state index is 11.6. The molecule has 1 heterocycles. The van der Waals surface area contributed by atoms with Crippen molar-refractivity contribution in [1.82, 2.24) is 4.98 Å². The minimum absolute atomic E-state index is 0.238. The molecular weight excluding hydrogens is 250 g/mol. The fourth-order valence-corrected chi connectivity index (χ4v) is 2.87. The predicted molar refractivity (Wildman–Crippen MR) is 78.3 cm³/mol. The highest BCUT2D eigenvalue weighted by Crippen LogP contribution is 2.30. The second-order valence-electron chi connectivity index (χ2n) is 4.19. The Morgan fingerprint density at radius 1 is 1.35 bits per heavy atom. The summed E-state index contributed by atoms with van der Waals surface area (Å²) < 4.78 is 0. The molecule has 0 aromatic carbocycles. The number of rotatable bonds is 4. The van der Waals surface area contributed by atoms with Gasteiger partial charge in [-0.15, -0.1) is 13.2 Å². The van der Waals surface area contributed by atoms with Crippen LogP contribution in [-0.4, -0.2) is 16.5 Å². The average Bonchev–Trinajstić information content (AvgIpc) is 2.32. The van der Waals surface area contributed by atoms with Gasteiger partial charge < -0.3 is 0 Å². The van der Waals surface area contributed by atoms with E-state index in [9.17, 15) is 4.79 Å². The molecule has 0 fully saturated rings. The molecule has 0 unspecified atom stereocenters. The predicted octanol–water partition coefficient (Wildman–Crippen LogP) is 4.24. The van der Waals surface area contributed by atoms with E-state index in [0.717, 1.165) is 5.03 Å². The maximum atomic E-state index is 11.6. The molecule has 0 atom stereocenters. The third-order valence-electron chi connectivity index (χ3n) is 1.81. The van der Waals surface area contributed by atoms with E-state index >= 15 is 0 Å². The molecule has 0 amide bonds. The number of aromatic nitrogens is 1. The lowest BCUT2D eigenvalue weighted by Crippen LogP contribution is -2.21. The lowest BCUT2D eigenvalue weighted by atomic mass is 9.92. The first-order valence-corrected chi connectivity index (χ1v) is 7.56.